The van der Waals surface area contributed by atoms with Crippen LogP contribution in [-0.4, -0.2) is 37.4 Å². The number of benzene rings is 7. The maximum absolute atomic E-state index is 10.4. The molecule has 0 fully saturated rings. The second-order valence-electron chi connectivity index (χ2n) is 13.2. The number of aliphatic hydroxyl groups excluding tert-OH is 2. The van der Waals surface area contributed by atoms with Crippen LogP contribution in [0.25, 0.3) is 0 Å². The zero-order chi connectivity index (χ0) is 40.6. The van der Waals surface area contributed by atoms with Crippen molar-refractivity contribution in [3.05, 3.63) is 210 Å². The van der Waals surface area contributed by atoms with Gasteiger partial charge in [0.25, 0.3) is 0 Å². The van der Waals surface area contributed by atoms with E-state index in [1.165, 1.54) is 66.2 Å². The number of aliphatic hydroxyl groups is 2. The van der Waals surface area contributed by atoms with Crippen LogP contribution in [0.4, 0.5) is 0 Å². The van der Waals surface area contributed by atoms with Gasteiger partial charge >= 0.3 is 0 Å². The first-order chi connectivity index (χ1) is 27.8. The number of hydrogen-bond donors (Lipinski definition) is 2. The number of aryl methyl sites for hydroxylation is 5. The van der Waals surface area contributed by atoms with Crippen molar-refractivity contribution in [1.82, 2.24) is 0 Å². The summed E-state index contributed by atoms with van der Waals surface area (Å²) >= 11 is 0. The molecule has 0 aliphatic heterocycles. The van der Waals surface area contributed by atoms with Crippen molar-refractivity contribution in [2.75, 3.05) is 14.2 Å². The maximum atomic E-state index is 10.4. The zero-order valence-corrected chi connectivity index (χ0v) is 37.1. The molecule has 0 atom stereocenters. The summed E-state index contributed by atoms with van der Waals surface area (Å²) in [6.45, 7) is 1.82. The maximum Gasteiger partial charge on any atom is 0.124 e. The molecule has 0 saturated carbocycles. The third-order valence-corrected chi connectivity index (χ3v) is 15.4. The average molecular weight is 915 g/mol. The fraction of sp³-hybridized carbons (Fsp3) is 0.143. The molecule has 4 bridgehead atoms. The second kappa shape index (κ2) is 23.4. The smallest absolute Gasteiger partial charge is 0.124 e. The van der Waals surface area contributed by atoms with Crippen LogP contribution in [0.5, 0.6) is 0 Å². The van der Waals surface area contributed by atoms with Gasteiger partial charge in [0.05, 0.1) is 4.90 Å². The van der Waals surface area contributed by atoms with Crippen molar-refractivity contribution in [1.29, 1.82) is 0 Å². The van der Waals surface area contributed by atoms with Gasteiger partial charge in [-0.2, -0.15) is 0 Å². The predicted molar refractivity (Wildman–Crippen MR) is 241 cm³/mol. The Labute approximate surface area is 359 Å². The monoisotopic (exact) mass is 914 g/mol. The van der Waals surface area contributed by atoms with E-state index in [1.807, 2.05) is 6.92 Å². The quantitative estimate of drug-likeness (QED) is 0.100. The van der Waals surface area contributed by atoms with Crippen molar-refractivity contribution in [2.45, 2.75) is 37.5 Å². The molecule has 4 aliphatic rings. The van der Waals surface area contributed by atoms with E-state index >= 15 is 0 Å². The van der Waals surface area contributed by atoms with Crippen LogP contribution >= 0.6 is 15.8 Å². The summed E-state index contributed by atoms with van der Waals surface area (Å²) in [5.41, 5.74) is 6.77. The van der Waals surface area contributed by atoms with Crippen LogP contribution in [-0.2, 0) is 55.3 Å². The fourth-order valence-corrected chi connectivity index (χ4v) is 12.4. The van der Waals surface area contributed by atoms with Gasteiger partial charge in [0.15, 0.2) is 0 Å². The third kappa shape index (κ3) is 12.4. The number of hydrogen-bond acceptors (Lipinski definition) is 5. The van der Waals surface area contributed by atoms with Crippen LogP contribution < -0.4 is 31.8 Å². The normalized spacial score (nSPS) is 11.7. The van der Waals surface area contributed by atoms with Gasteiger partial charge in [-0.1, -0.05) is 175 Å². The van der Waals surface area contributed by atoms with E-state index in [9.17, 15) is 13.0 Å². The van der Waals surface area contributed by atoms with E-state index in [0.29, 0.717) is 0 Å². The van der Waals surface area contributed by atoms with Crippen molar-refractivity contribution in [2.24, 2.45) is 0 Å². The Morgan fingerprint density at radius 2 is 0.759 bits per heavy atom. The summed E-state index contributed by atoms with van der Waals surface area (Å²) in [5, 5.41) is 22.7. The molecule has 0 spiro atoms. The molecule has 0 saturated heterocycles. The van der Waals surface area contributed by atoms with Crippen molar-refractivity contribution >= 4 is 57.8 Å². The van der Waals surface area contributed by atoms with Crippen LogP contribution in [0.1, 0.15) is 27.8 Å². The van der Waals surface area contributed by atoms with Gasteiger partial charge in [0, 0.05) is 33.7 Å². The molecule has 301 valence electrons. The minimum absolute atomic E-state index is 0. The van der Waals surface area contributed by atoms with Crippen molar-refractivity contribution in [3.8, 4) is 0 Å². The standard InChI is InChI=1S/C40H34P2.C7H8O3S.2CH4O.Rh/c1-5-13-35(14-6-1)41(36-15-7-2-8-16-36)39-29-31-21-25-33(39)27-23-32-22-26-34(28-24-31)40(30-32)42(37-17-9-3-10-18-37)38-19-11-4-12-20-38;1-6-2-4-7(5-3-6)11(8,9)10;2*1-2;/h1-22,25-26,29-30H,23-24,27-28H2;2-5H,1H3,(H,8,9,10);2*2H,1H3;/p-1. The molecular formula is C49H49O5P2RhS-. The van der Waals surface area contributed by atoms with Gasteiger partial charge in [-0.3, -0.25) is 0 Å². The van der Waals surface area contributed by atoms with Gasteiger partial charge in [-0.15, -0.1) is 0 Å². The largest absolute Gasteiger partial charge is 0.744 e. The van der Waals surface area contributed by atoms with Crippen molar-refractivity contribution in [3.63, 3.8) is 0 Å². The second-order valence-corrected chi connectivity index (χ2v) is 19.0. The Kier molecular flexibility index (Phi) is 18.8. The minimum atomic E-state index is -4.27. The molecule has 1 radical (unpaired) electrons. The Hall–Kier alpha value is -4.15. The summed E-state index contributed by atoms with van der Waals surface area (Å²) in [7, 11) is -3.53. The van der Waals surface area contributed by atoms with Gasteiger partial charge in [0.2, 0.25) is 0 Å². The molecule has 5 nitrogen and oxygen atoms in total. The Morgan fingerprint density at radius 1 is 0.448 bits per heavy atom. The topological polar surface area (TPSA) is 97.7 Å². The Morgan fingerprint density at radius 3 is 1.05 bits per heavy atom. The molecule has 4 aliphatic carbocycles. The Balaban J connectivity index is 0.000000399. The van der Waals surface area contributed by atoms with Crippen molar-refractivity contribution < 1.29 is 42.7 Å². The molecule has 9 heteroatoms. The summed E-state index contributed by atoms with van der Waals surface area (Å²) in [5.74, 6) is 0. The van der Waals surface area contributed by atoms with E-state index in [4.69, 9.17) is 10.2 Å². The molecule has 0 amide bonds. The van der Waals surface area contributed by atoms with E-state index in [-0.39, 0.29) is 24.4 Å². The van der Waals surface area contributed by atoms with Gasteiger partial charge < -0.3 is 14.8 Å². The average Bonchev–Trinajstić information content (AvgIpc) is 3.25. The molecule has 58 heavy (non-hydrogen) atoms. The molecule has 7 aromatic rings. The molecule has 7 aromatic carbocycles. The van der Waals surface area contributed by atoms with E-state index < -0.39 is 26.0 Å². The summed E-state index contributed by atoms with van der Waals surface area (Å²) < 4.78 is 31.2. The van der Waals surface area contributed by atoms with Gasteiger partial charge in [0.1, 0.15) is 10.1 Å². The Bertz CT molecular complexity index is 2170. The van der Waals surface area contributed by atoms with Gasteiger partial charge in [-0.05, 0) is 115 Å². The summed E-state index contributed by atoms with van der Waals surface area (Å²) in [4.78, 5) is -0.178. The zero-order valence-electron chi connectivity index (χ0n) is 32.9. The fourth-order valence-electron chi connectivity index (χ4n) is 6.79. The molecular weight excluding hydrogens is 865 g/mol. The van der Waals surface area contributed by atoms with E-state index in [2.05, 4.69) is 158 Å². The SMILES string of the molecule is CO.CO.Cc1ccc(S(=O)(=O)[O-])cc1.[Rh].c1ccc(P(c2ccccc2)c2cc3ccc2CCc2ccc(c(P(c4ccccc4)c4ccccc4)c2)CC3)cc1. The summed E-state index contributed by atoms with van der Waals surface area (Å²) in [6.07, 6.45) is 4.17. The van der Waals surface area contributed by atoms with E-state index in [0.717, 1.165) is 45.5 Å². The first-order valence-corrected chi connectivity index (χ1v) is 22.9. The molecule has 0 unspecified atom stereocenters. The third-order valence-electron chi connectivity index (χ3n) is 9.51. The first-order valence-electron chi connectivity index (χ1n) is 18.8. The van der Waals surface area contributed by atoms with E-state index in [1.54, 1.807) is 12.1 Å². The molecule has 11 rings (SSSR count). The molecule has 0 aromatic heterocycles. The predicted octanol–water partition coefficient (Wildman–Crippen LogP) is 7.20. The van der Waals surface area contributed by atoms with Crippen LogP contribution in [0.2, 0.25) is 0 Å². The first kappa shape index (κ1) is 46.5. The van der Waals surface area contributed by atoms with Crippen LogP contribution in [0.15, 0.2) is 187 Å². The molecule has 2 N–H and O–H groups in total. The van der Waals surface area contributed by atoms with Crippen LogP contribution in [0.3, 0.4) is 0 Å². The van der Waals surface area contributed by atoms with Crippen LogP contribution in [0, 0.1) is 6.92 Å². The van der Waals surface area contributed by atoms with Gasteiger partial charge in [-0.25, -0.2) is 8.42 Å². The summed E-state index contributed by atoms with van der Waals surface area (Å²) in [6, 6.07) is 65.1. The number of rotatable bonds is 7. The molecule has 0 heterocycles. The minimum Gasteiger partial charge on any atom is -0.744 e.